The third-order valence-electron chi connectivity index (χ3n) is 4.27. The van der Waals surface area contributed by atoms with Gasteiger partial charge in [0.25, 0.3) is 0 Å². The van der Waals surface area contributed by atoms with Gasteiger partial charge < -0.3 is 5.32 Å². The minimum atomic E-state index is 0.740. The van der Waals surface area contributed by atoms with Gasteiger partial charge in [0.15, 0.2) is 0 Å². The van der Waals surface area contributed by atoms with E-state index in [0.29, 0.717) is 0 Å². The van der Waals surface area contributed by atoms with Gasteiger partial charge in [-0.2, -0.15) is 0 Å². The number of likely N-dealkylation sites (tertiary alicyclic amines) is 1. The number of hydrogen-bond acceptors (Lipinski definition) is 2. The average Bonchev–Trinajstić information content (AvgIpc) is 2.83. The Bertz CT molecular complexity index is 191. The third kappa shape index (κ3) is 5.27. The second-order valence-electron chi connectivity index (χ2n) is 6.24. The molecule has 18 heavy (non-hydrogen) atoms. The number of nitrogens with zero attached hydrogens (tertiary/aromatic N) is 1. The molecule has 1 unspecified atom stereocenters. The minimum absolute atomic E-state index is 0.740. The Morgan fingerprint density at radius 1 is 1.00 bits per heavy atom. The molecular weight excluding hydrogens is 220 g/mol. The SMILES string of the molecule is CCCC(CCC)NCC(C(C)C)N1CCCC1. The summed E-state index contributed by atoms with van der Waals surface area (Å²) in [6.45, 7) is 13.2. The summed E-state index contributed by atoms with van der Waals surface area (Å²) in [5, 5.41) is 3.84. The number of rotatable bonds is 9. The van der Waals surface area contributed by atoms with Crippen molar-refractivity contribution < 1.29 is 0 Å². The monoisotopic (exact) mass is 254 g/mol. The third-order valence-corrected chi connectivity index (χ3v) is 4.27. The van der Waals surface area contributed by atoms with Gasteiger partial charge >= 0.3 is 0 Å². The molecule has 0 spiro atoms. The van der Waals surface area contributed by atoms with Crippen LogP contribution in [-0.2, 0) is 0 Å². The second kappa shape index (κ2) is 8.92. The quantitative estimate of drug-likeness (QED) is 0.675. The fraction of sp³-hybridized carbons (Fsp3) is 1.00. The Labute approximate surface area is 115 Å². The van der Waals surface area contributed by atoms with Gasteiger partial charge in [-0.1, -0.05) is 40.5 Å². The van der Waals surface area contributed by atoms with E-state index in [2.05, 4.69) is 37.9 Å². The Morgan fingerprint density at radius 3 is 2.00 bits per heavy atom. The summed E-state index contributed by atoms with van der Waals surface area (Å²) >= 11 is 0. The van der Waals surface area contributed by atoms with Crippen molar-refractivity contribution in [3.63, 3.8) is 0 Å². The van der Waals surface area contributed by atoms with Gasteiger partial charge in [-0.15, -0.1) is 0 Å². The lowest BCUT2D eigenvalue weighted by Crippen LogP contribution is -2.46. The van der Waals surface area contributed by atoms with E-state index in [1.165, 1.54) is 58.2 Å². The van der Waals surface area contributed by atoms with Crippen molar-refractivity contribution in [2.24, 2.45) is 5.92 Å². The lowest BCUT2D eigenvalue weighted by Gasteiger charge is -2.32. The molecule has 1 N–H and O–H groups in total. The largest absolute Gasteiger partial charge is 0.312 e. The Balaban J connectivity index is 2.39. The van der Waals surface area contributed by atoms with E-state index in [1.807, 2.05) is 0 Å². The van der Waals surface area contributed by atoms with Gasteiger partial charge in [0.2, 0.25) is 0 Å². The highest BCUT2D eigenvalue weighted by Crippen LogP contribution is 2.17. The van der Waals surface area contributed by atoms with Crippen LogP contribution < -0.4 is 5.32 Å². The van der Waals surface area contributed by atoms with Crippen LogP contribution in [0.4, 0.5) is 0 Å². The molecular formula is C16H34N2. The van der Waals surface area contributed by atoms with E-state index in [1.54, 1.807) is 0 Å². The summed E-state index contributed by atoms with van der Waals surface area (Å²) in [5.41, 5.74) is 0. The second-order valence-corrected chi connectivity index (χ2v) is 6.24. The molecule has 0 aromatic heterocycles. The van der Waals surface area contributed by atoms with Gasteiger partial charge in [0.05, 0.1) is 0 Å². The molecule has 2 nitrogen and oxygen atoms in total. The van der Waals surface area contributed by atoms with Gasteiger partial charge in [-0.3, -0.25) is 4.90 Å². The molecule has 108 valence electrons. The van der Waals surface area contributed by atoms with E-state index in [9.17, 15) is 0 Å². The van der Waals surface area contributed by atoms with E-state index in [4.69, 9.17) is 0 Å². The zero-order valence-electron chi connectivity index (χ0n) is 13.0. The van der Waals surface area contributed by atoms with Crippen LogP contribution >= 0.6 is 0 Å². The molecule has 1 aliphatic rings. The number of hydrogen-bond donors (Lipinski definition) is 1. The molecule has 0 saturated carbocycles. The molecule has 0 bridgehead atoms. The van der Waals surface area contributed by atoms with Crippen LogP contribution in [0.25, 0.3) is 0 Å². The molecule has 0 aromatic rings. The zero-order valence-corrected chi connectivity index (χ0v) is 13.0. The molecule has 0 radical (unpaired) electrons. The van der Waals surface area contributed by atoms with Gasteiger partial charge in [-0.05, 0) is 44.7 Å². The molecule has 0 aliphatic carbocycles. The molecule has 1 fully saturated rings. The maximum atomic E-state index is 3.84. The van der Waals surface area contributed by atoms with E-state index < -0.39 is 0 Å². The van der Waals surface area contributed by atoms with Crippen LogP contribution in [0, 0.1) is 5.92 Å². The molecule has 1 aliphatic heterocycles. The molecule has 0 amide bonds. The lowest BCUT2D eigenvalue weighted by atomic mass is 10.0. The number of nitrogens with one attached hydrogen (secondary N) is 1. The highest BCUT2D eigenvalue weighted by Gasteiger charge is 2.24. The predicted molar refractivity (Wildman–Crippen MR) is 81.0 cm³/mol. The maximum absolute atomic E-state index is 3.84. The summed E-state index contributed by atoms with van der Waals surface area (Å²) in [6.07, 6.45) is 8.06. The smallest absolute Gasteiger partial charge is 0.0243 e. The summed E-state index contributed by atoms with van der Waals surface area (Å²) in [6, 6.07) is 1.48. The minimum Gasteiger partial charge on any atom is -0.312 e. The fourth-order valence-electron chi connectivity index (χ4n) is 3.19. The summed E-state index contributed by atoms with van der Waals surface area (Å²) in [4.78, 5) is 2.70. The Kier molecular flexibility index (Phi) is 7.92. The molecule has 1 heterocycles. The normalized spacial score (nSPS) is 19.0. The van der Waals surface area contributed by atoms with Gasteiger partial charge in [0, 0.05) is 18.6 Å². The van der Waals surface area contributed by atoms with Gasteiger partial charge in [-0.25, -0.2) is 0 Å². The highest BCUT2D eigenvalue weighted by molar-refractivity contribution is 4.82. The van der Waals surface area contributed by atoms with Crippen LogP contribution in [0.2, 0.25) is 0 Å². The standard InChI is InChI=1S/C16H34N2/c1-5-9-15(10-6-2)17-13-16(14(3)4)18-11-7-8-12-18/h14-17H,5-13H2,1-4H3. The predicted octanol–water partition coefficient (Wildman–Crippen LogP) is 3.67. The summed E-state index contributed by atoms with van der Waals surface area (Å²) in [7, 11) is 0. The van der Waals surface area contributed by atoms with Crippen molar-refractivity contribution in [2.45, 2.75) is 78.3 Å². The van der Waals surface area contributed by atoms with Crippen molar-refractivity contribution in [3.8, 4) is 0 Å². The average molecular weight is 254 g/mol. The Morgan fingerprint density at radius 2 is 1.56 bits per heavy atom. The summed E-state index contributed by atoms with van der Waals surface area (Å²) < 4.78 is 0. The molecule has 2 heteroatoms. The first-order chi connectivity index (χ1) is 8.69. The van der Waals surface area contributed by atoms with Gasteiger partial charge in [0.1, 0.15) is 0 Å². The maximum Gasteiger partial charge on any atom is 0.0243 e. The first-order valence-corrected chi connectivity index (χ1v) is 8.16. The van der Waals surface area contributed by atoms with Crippen molar-refractivity contribution in [3.05, 3.63) is 0 Å². The topological polar surface area (TPSA) is 15.3 Å². The van der Waals surface area contributed by atoms with Crippen molar-refractivity contribution >= 4 is 0 Å². The van der Waals surface area contributed by atoms with E-state index in [-0.39, 0.29) is 0 Å². The molecule has 0 aromatic carbocycles. The van der Waals surface area contributed by atoms with E-state index >= 15 is 0 Å². The van der Waals surface area contributed by atoms with E-state index in [0.717, 1.165) is 18.0 Å². The molecule has 1 atom stereocenters. The Hall–Kier alpha value is -0.0800. The first-order valence-electron chi connectivity index (χ1n) is 8.16. The summed E-state index contributed by atoms with van der Waals surface area (Å²) in [5.74, 6) is 0.763. The van der Waals surface area contributed by atoms with Crippen LogP contribution in [-0.4, -0.2) is 36.6 Å². The van der Waals surface area contributed by atoms with Crippen LogP contribution in [0.15, 0.2) is 0 Å². The lowest BCUT2D eigenvalue weighted by molar-refractivity contribution is 0.180. The van der Waals surface area contributed by atoms with Crippen LogP contribution in [0.3, 0.4) is 0 Å². The fourth-order valence-corrected chi connectivity index (χ4v) is 3.19. The van der Waals surface area contributed by atoms with Crippen LogP contribution in [0.5, 0.6) is 0 Å². The highest BCUT2D eigenvalue weighted by atomic mass is 15.2. The molecule has 1 saturated heterocycles. The zero-order chi connectivity index (χ0) is 13.4. The van der Waals surface area contributed by atoms with Crippen molar-refractivity contribution in [1.82, 2.24) is 10.2 Å². The van der Waals surface area contributed by atoms with Crippen LogP contribution in [0.1, 0.15) is 66.2 Å². The first kappa shape index (κ1) is 16.0. The van der Waals surface area contributed by atoms with Crippen molar-refractivity contribution in [1.29, 1.82) is 0 Å². The van der Waals surface area contributed by atoms with Crippen molar-refractivity contribution in [2.75, 3.05) is 19.6 Å². The molecule has 1 rings (SSSR count).